The van der Waals surface area contributed by atoms with E-state index in [1.165, 1.54) is 19.3 Å². The summed E-state index contributed by atoms with van der Waals surface area (Å²) in [5.41, 5.74) is 5.85. The second-order valence-electron chi connectivity index (χ2n) is 4.35. The molecule has 1 aliphatic rings. The molecule has 2 rings (SSSR count). The van der Waals surface area contributed by atoms with Crippen LogP contribution in [-0.2, 0) is 0 Å². The highest BCUT2D eigenvalue weighted by Crippen LogP contribution is 2.22. The third-order valence-electron chi connectivity index (χ3n) is 3.25. The van der Waals surface area contributed by atoms with Crippen molar-refractivity contribution in [2.45, 2.75) is 31.7 Å². The van der Waals surface area contributed by atoms with Crippen LogP contribution in [0, 0.1) is 0 Å². The van der Waals surface area contributed by atoms with E-state index in [1.54, 1.807) is 19.5 Å². The minimum absolute atomic E-state index is 0.374. The summed E-state index contributed by atoms with van der Waals surface area (Å²) in [5.74, 6) is 1.43. The summed E-state index contributed by atoms with van der Waals surface area (Å²) in [6.45, 7) is 1.67. The Balaban J connectivity index is 2.21. The zero-order valence-corrected chi connectivity index (χ0v) is 10.3. The van der Waals surface area contributed by atoms with Crippen LogP contribution < -0.4 is 15.4 Å². The van der Waals surface area contributed by atoms with E-state index in [9.17, 15) is 0 Å². The normalized spacial score (nSPS) is 21.1. The molecule has 1 fully saturated rings. The Morgan fingerprint density at radius 3 is 3.06 bits per heavy atom. The minimum Gasteiger partial charge on any atom is -0.480 e. The fraction of sp³-hybridized carbons (Fsp3) is 0.667. The Hall–Kier alpha value is -1.36. The average molecular weight is 236 g/mol. The molecule has 2 N–H and O–H groups in total. The second kappa shape index (κ2) is 5.82. The van der Waals surface area contributed by atoms with Crippen molar-refractivity contribution in [1.29, 1.82) is 0 Å². The molecule has 1 unspecified atom stereocenters. The van der Waals surface area contributed by atoms with Gasteiger partial charge in [0.1, 0.15) is 0 Å². The molecule has 0 bridgehead atoms. The molecule has 0 aliphatic carbocycles. The highest BCUT2D eigenvalue weighted by molar-refractivity contribution is 5.39. The van der Waals surface area contributed by atoms with E-state index in [2.05, 4.69) is 14.9 Å². The van der Waals surface area contributed by atoms with Gasteiger partial charge in [-0.15, -0.1) is 0 Å². The van der Waals surface area contributed by atoms with E-state index >= 15 is 0 Å². The molecule has 1 atom stereocenters. The van der Waals surface area contributed by atoms with E-state index in [4.69, 9.17) is 10.5 Å². The Morgan fingerprint density at radius 2 is 2.29 bits per heavy atom. The molecular weight excluding hydrogens is 216 g/mol. The predicted molar refractivity (Wildman–Crippen MR) is 67.2 cm³/mol. The summed E-state index contributed by atoms with van der Waals surface area (Å²) >= 11 is 0. The number of nitrogens with zero attached hydrogens (tertiary/aromatic N) is 3. The summed E-state index contributed by atoms with van der Waals surface area (Å²) in [6.07, 6.45) is 8.25. The Morgan fingerprint density at radius 1 is 1.41 bits per heavy atom. The molecule has 5 nitrogen and oxygen atoms in total. The van der Waals surface area contributed by atoms with Crippen molar-refractivity contribution in [3.8, 4) is 5.88 Å². The van der Waals surface area contributed by atoms with Crippen LogP contribution in [0.15, 0.2) is 12.4 Å². The Bertz CT molecular complexity index is 358. The topological polar surface area (TPSA) is 64.3 Å². The van der Waals surface area contributed by atoms with Crippen molar-refractivity contribution in [2.75, 3.05) is 25.1 Å². The molecule has 0 saturated carbocycles. The van der Waals surface area contributed by atoms with Gasteiger partial charge < -0.3 is 15.4 Å². The fourth-order valence-electron chi connectivity index (χ4n) is 2.30. The van der Waals surface area contributed by atoms with E-state index in [-0.39, 0.29) is 0 Å². The van der Waals surface area contributed by atoms with Crippen LogP contribution in [0.25, 0.3) is 0 Å². The third-order valence-corrected chi connectivity index (χ3v) is 3.25. The van der Waals surface area contributed by atoms with Gasteiger partial charge in [-0.05, 0) is 12.8 Å². The van der Waals surface area contributed by atoms with Crippen LogP contribution in [0.5, 0.6) is 5.88 Å². The maximum atomic E-state index is 5.85. The van der Waals surface area contributed by atoms with Crippen molar-refractivity contribution in [2.24, 2.45) is 5.73 Å². The Kier molecular flexibility index (Phi) is 4.14. The minimum atomic E-state index is 0.374. The molecule has 2 heterocycles. The van der Waals surface area contributed by atoms with E-state index in [0.717, 1.165) is 18.8 Å². The van der Waals surface area contributed by atoms with E-state index in [1.807, 2.05) is 0 Å². The lowest BCUT2D eigenvalue weighted by molar-refractivity contribution is 0.395. The van der Waals surface area contributed by atoms with Crippen molar-refractivity contribution >= 4 is 5.82 Å². The lowest BCUT2D eigenvalue weighted by Crippen LogP contribution is -2.40. The molecule has 0 amide bonds. The van der Waals surface area contributed by atoms with Crippen LogP contribution in [0.1, 0.15) is 25.7 Å². The van der Waals surface area contributed by atoms with E-state index < -0.39 is 0 Å². The van der Waals surface area contributed by atoms with Crippen molar-refractivity contribution in [1.82, 2.24) is 9.97 Å². The number of hydrogen-bond acceptors (Lipinski definition) is 5. The van der Waals surface area contributed by atoms with Gasteiger partial charge in [-0.2, -0.15) is 4.98 Å². The molecule has 1 aliphatic heterocycles. The first-order valence-electron chi connectivity index (χ1n) is 6.18. The molecule has 0 aromatic carbocycles. The SMILES string of the molecule is COc1cncc(N2CCCCCC2CN)n1. The van der Waals surface area contributed by atoms with Crippen molar-refractivity contribution in [3.63, 3.8) is 0 Å². The van der Waals surface area contributed by atoms with E-state index in [0.29, 0.717) is 18.5 Å². The van der Waals surface area contributed by atoms with Crippen LogP contribution in [0.3, 0.4) is 0 Å². The number of hydrogen-bond donors (Lipinski definition) is 1. The number of anilines is 1. The summed E-state index contributed by atoms with van der Waals surface area (Å²) < 4.78 is 5.11. The largest absolute Gasteiger partial charge is 0.480 e. The highest BCUT2D eigenvalue weighted by Gasteiger charge is 2.21. The molecular formula is C12H20N4O. The van der Waals surface area contributed by atoms with Gasteiger partial charge in [-0.3, -0.25) is 4.98 Å². The first-order valence-corrected chi connectivity index (χ1v) is 6.18. The van der Waals surface area contributed by atoms with Gasteiger partial charge in [-0.25, -0.2) is 0 Å². The monoisotopic (exact) mass is 236 g/mol. The van der Waals surface area contributed by atoms with Crippen LogP contribution in [0.2, 0.25) is 0 Å². The van der Waals surface area contributed by atoms with Gasteiger partial charge in [0, 0.05) is 19.1 Å². The van der Waals surface area contributed by atoms with Crippen LogP contribution >= 0.6 is 0 Å². The molecule has 0 spiro atoms. The molecule has 0 radical (unpaired) electrons. The van der Waals surface area contributed by atoms with Gasteiger partial charge in [0.05, 0.1) is 19.5 Å². The Labute approximate surface area is 102 Å². The second-order valence-corrected chi connectivity index (χ2v) is 4.35. The zero-order valence-electron chi connectivity index (χ0n) is 10.3. The summed E-state index contributed by atoms with van der Waals surface area (Å²) in [7, 11) is 1.61. The van der Waals surface area contributed by atoms with Crippen molar-refractivity contribution < 1.29 is 4.74 Å². The number of aromatic nitrogens is 2. The molecule has 1 saturated heterocycles. The molecule has 17 heavy (non-hydrogen) atoms. The first-order chi connectivity index (χ1) is 8.35. The number of nitrogens with two attached hydrogens (primary N) is 1. The number of rotatable bonds is 3. The molecule has 5 heteroatoms. The van der Waals surface area contributed by atoms with Crippen molar-refractivity contribution in [3.05, 3.63) is 12.4 Å². The van der Waals surface area contributed by atoms with Gasteiger partial charge in [0.15, 0.2) is 5.82 Å². The van der Waals surface area contributed by atoms with Crippen LogP contribution in [-0.4, -0.2) is 36.2 Å². The summed E-state index contributed by atoms with van der Waals surface area (Å²) in [6, 6.07) is 0.374. The lowest BCUT2D eigenvalue weighted by Gasteiger charge is -2.29. The number of ether oxygens (including phenoxy) is 1. The smallest absolute Gasteiger partial charge is 0.233 e. The quantitative estimate of drug-likeness (QED) is 0.854. The van der Waals surface area contributed by atoms with Gasteiger partial charge >= 0.3 is 0 Å². The molecule has 94 valence electrons. The third kappa shape index (κ3) is 2.85. The average Bonchev–Trinajstić information content (AvgIpc) is 2.63. The molecule has 1 aromatic heterocycles. The van der Waals surface area contributed by atoms with Crippen LogP contribution in [0.4, 0.5) is 5.82 Å². The summed E-state index contributed by atoms with van der Waals surface area (Å²) in [5, 5.41) is 0. The maximum Gasteiger partial charge on any atom is 0.233 e. The highest BCUT2D eigenvalue weighted by atomic mass is 16.5. The van der Waals surface area contributed by atoms with Gasteiger partial charge in [0.25, 0.3) is 0 Å². The standard InChI is InChI=1S/C12H20N4O/c1-17-12-9-14-8-11(15-12)16-6-4-2-3-5-10(16)7-13/h8-10H,2-7,13H2,1H3. The lowest BCUT2D eigenvalue weighted by atomic mass is 10.1. The maximum absolute atomic E-state index is 5.85. The fourth-order valence-corrected chi connectivity index (χ4v) is 2.30. The zero-order chi connectivity index (χ0) is 12.1. The van der Waals surface area contributed by atoms with Gasteiger partial charge in [-0.1, -0.05) is 12.8 Å². The van der Waals surface area contributed by atoms with Gasteiger partial charge in [0.2, 0.25) is 5.88 Å². The predicted octanol–water partition coefficient (Wildman–Crippen LogP) is 1.19. The number of methoxy groups -OCH3 is 1. The first kappa shape index (κ1) is 12.1. The molecule has 1 aromatic rings. The summed E-state index contributed by atoms with van der Waals surface area (Å²) in [4.78, 5) is 10.9.